The number of amides is 2. The molecule has 2 aliphatic rings. The van der Waals surface area contributed by atoms with Crippen molar-refractivity contribution >= 4 is 11.8 Å². The van der Waals surface area contributed by atoms with Gasteiger partial charge in [-0.2, -0.15) is 0 Å². The molecule has 0 unspecified atom stereocenters. The Morgan fingerprint density at radius 1 is 1.29 bits per heavy atom. The van der Waals surface area contributed by atoms with Crippen LogP contribution in [0, 0.1) is 11.6 Å². The van der Waals surface area contributed by atoms with Crippen molar-refractivity contribution in [2.75, 3.05) is 39.8 Å². The third-order valence-electron chi connectivity index (χ3n) is 4.88. The molecule has 0 bridgehead atoms. The SMILES string of the molecule is CN1CCN(CC(=O)NCC2(c3ccc(F)cc3F)CC2)CC1=O. The lowest BCUT2D eigenvalue weighted by Gasteiger charge is -2.31. The van der Waals surface area contributed by atoms with Crippen molar-refractivity contribution in [2.24, 2.45) is 0 Å². The molecule has 5 nitrogen and oxygen atoms in total. The highest BCUT2D eigenvalue weighted by Gasteiger charge is 2.46. The van der Waals surface area contributed by atoms with Crippen LogP contribution in [0.2, 0.25) is 0 Å². The number of likely N-dealkylation sites (N-methyl/N-ethyl adjacent to an activating group) is 1. The van der Waals surface area contributed by atoms with Crippen molar-refractivity contribution in [1.29, 1.82) is 0 Å². The van der Waals surface area contributed by atoms with E-state index in [0.29, 0.717) is 25.2 Å². The Labute approximate surface area is 139 Å². The number of nitrogens with zero attached hydrogens (tertiary/aromatic N) is 2. The minimum Gasteiger partial charge on any atom is -0.354 e. The number of benzene rings is 1. The zero-order valence-electron chi connectivity index (χ0n) is 13.6. The Morgan fingerprint density at radius 3 is 2.67 bits per heavy atom. The Hall–Kier alpha value is -2.02. The molecule has 0 radical (unpaired) electrons. The summed E-state index contributed by atoms with van der Waals surface area (Å²) in [4.78, 5) is 27.2. The number of hydrogen-bond acceptors (Lipinski definition) is 3. The summed E-state index contributed by atoms with van der Waals surface area (Å²) in [6.07, 6.45) is 1.53. The second kappa shape index (κ2) is 6.47. The zero-order valence-corrected chi connectivity index (χ0v) is 13.6. The van der Waals surface area contributed by atoms with Crippen LogP contribution in [0.5, 0.6) is 0 Å². The summed E-state index contributed by atoms with van der Waals surface area (Å²) in [6.45, 7) is 1.99. The van der Waals surface area contributed by atoms with Crippen LogP contribution in [-0.4, -0.2) is 61.4 Å². The van der Waals surface area contributed by atoms with E-state index in [-0.39, 0.29) is 24.9 Å². The Balaban J connectivity index is 1.54. The number of nitrogens with one attached hydrogen (secondary N) is 1. The van der Waals surface area contributed by atoms with Gasteiger partial charge in [0, 0.05) is 38.2 Å². The van der Waals surface area contributed by atoms with Gasteiger partial charge in [0.05, 0.1) is 13.1 Å². The first-order valence-corrected chi connectivity index (χ1v) is 8.08. The third-order valence-corrected chi connectivity index (χ3v) is 4.88. The third kappa shape index (κ3) is 3.56. The smallest absolute Gasteiger partial charge is 0.236 e. The van der Waals surface area contributed by atoms with Gasteiger partial charge in [0.15, 0.2) is 0 Å². The maximum atomic E-state index is 14.0. The van der Waals surface area contributed by atoms with Crippen molar-refractivity contribution in [3.8, 4) is 0 Å². The van der Waals surface area contributed by atoms with Gasteiger partial charge in [0.1, 0.15) is 11.6 Å². The largest absolute Gasteiger partial charge is 0.354 e. The van der Waals surface area contributed by atoms with Crippen LogP contribution >= 0.6 is 0 Å². The molecule has 0 spiro atoms. The molecule has 1 saturated carbocycles. The van der Waals surface area contributed by atoms with E-state index in [1.165, 1.54) is 12.1 Å². The molecule has 7 heteroatoms. The van der Waals surface area contributed by atoms with Gasteiger partial charge in [-0.05, 0) is 24.5 Å². The molecule has 0 aromatic heterocycles. The van der Waals surface area contributed by atoms with E-state index in [1.54, 1.807) is 16.8 Å². The van der Waals surface area contributed by atoms with E-state index in [4.69, 9.17) is 0 Å². The lowest BCUT2D eigenvalue weighted by atomic mass is 9.95. The lowest BCUT2D eigenvalue weighted by molar-refractivity contribution is -0.135. The summed E-state index contributed by atoms with van der Waals surface area (Å²) in [5.74, 6) is -1.34. The first-order chi connectivity index (χ1) is 11.4. The molecule has 2 amide bonds. The normalized spacial score (nSPS) is 20.1. The maximum Gasteiger partial charge on any atom is 0.236 e. The van der Waals surface area contributed by atoms with Crippen LogP contribution in [0.1, 0.15) is 18.4 Å². The molecule has 1 N–H and O–H groups in total. The molecule has 24 heavy (non-hydrogen) atoms. The number of rotatable bonds is 5. The Kier molecular flexibility index (Phi) is 4.54. The van der Waals surface area contributed by atoms with Gasteiger partial charge in [-0.15, -0.1) is 0 Å². The monoisotopic (exact) mass is 337 g/mol. The first-order valence-electron chi connectivity index (χ1n) is 8.08. The summed E-state index contributed by atoms with van der Waals surface area (Å²) in [6, 6.07) is 3.59. The van der Waals surface area contributed by atoms with Gasteiger partial charge >= 0.3 is 0 Å². The van der Waals surface area contributed by atoms with Crippen LogP contribution in [0.3, 0.4) is 0 Å². The lowest BCUT2D eigenvalue weighted by Crippen LogP contribution is -2.51. The quantitative estimate of drug-likeness (QED) is 0.868. The summed E-state index contributed by atoms with van der Waals surface area (Å²) in [5.41, 5.74) is 0.0322. The van der Waals surface area contributed by atoms with Gasteiger partial charge in [-0.1, -0.05) is 6.07 Å². The van der Waals surface area contributed by atoms with E-state index in [2.05, 4.69) is 5.32 Å². The number of carbonyl (C=O) groups is 2. The summed E-state index contributed by atoms with van der Waals surface area (Å²) >= 11 is 0. The topological polar surface area (TPSA) is 52.6 Å². The fourth-order valence-electron chi connectivity index (χ4n) is 3.08. The zero-order chi connectivity index (χ0) is 17.3. The van der Waals surface area contributed by atoms with Crippen LogP contribution in [-0.2, 0) is 15.0 Å². The van der Waals surface area contributed by atoms with Crippen LogP contribution in [0.25, 0.3) is 0 Å². The van der Waals surface area contributed by atoms with Crippen LogP contribution in [0.15, 0.2) is 18.2 Å². The summed E-state index contributed by atoms with van der Waals surface area (Å²) < 4.78 is 27.0. The molecule has 1 aromatic carbocycles. The van der Waals surface area contributed by atoms with Crippen molar-refractivity contribution in [3.05, 3.63) is 35.4 Å². The predicted octanol–water partition coefficient (Wildman–Crippen LogP) is 0.887. The fraction of sp³-hybridized carbons (Fsp3) is 0.529. The van der Waals surface area contributed by atoms with Gasteiger partial charge in [0.25, 0.3) is 0 Å². The summed E-state index contributed by atoms with van der Waals surface area (Å²) in [5, 5.41) is 2.83. The average molecular weight is 337 g/mol. The number of carbonyl (C=O) groups excluding carboxylic acids is 2. The number of halogens is 2. The van der Waals surface area contributed by atoms with E-state index in [1.807, 2.05) is 0 Å². The molecule has 1 aromatic rings. The second-order valence-corrected chi connectivity index (χ2v) is 6.71. The molecular formula is C17H21F2N3O2. The van der Waals surface area contributed by atoms with Crippen molar-refractivity contribution < 1.29 is 18.4 Å². The highest BCUT2D eigenvalue weighted by molar-refractivity contribution is 5.81. The summed E-state index contributed by atoms with van der Waals surface area (Å²) in [7, 11) is 1.74. The molecule has 130 valence electrons. The van der Waals surface area contributed by atoms with Crippen molar-refractivity contribution in [2.45, 2.75) is 18.3 Å². The van der Waals surface area contributed by atoms with E-state index < -0.39 is 17.0 Å². The average Bonchev–Trinajstić information content (AvgIpc) is 3.30. The van der Waals surface area contributed by atoms with E-state index in [9.17, 15) is 18.4 Å². The van der Waals surface area contributed by atoms with Gasteiger partial charge in [0.2, 0.25) is 11.8 Å². The molecule has 1 saturated heterocycles. The predicted molar refractivity (Wildman–Crippen MR) is 84.4 cm³/mol. The first kappa shape index (κ1) is 16.8. The minimum absolute atomic E-state index is 0.00102. The van der Waals surface area contributed by atoms with Gasteiger partial charge in [-0.3, -0.25) is 14.5 Å². The van der Waals surface area contributed by atoms with Gasteiger partial charge in [-0.25, -0.2) is 8.78 Å². The Morgan fingerprint density at radius 2 is 2.04 bits per heavy atom. The number of hydrogen-bond donors (Lipinski definition) is 1. The van der Waals surface area contributed by atoms with Crippen molar-refractivity contribution in [1.82, 2.24) is 15.1 Å². The molecule has 1 aliphatic carbocycles. The van der Waals surface area contributed by atoms with Crippen LogP contribution < -0.4 is 5.32 Å². The fourth-order valence-corrected chi connectivity index (χ4v) is 3.08. The molecule has 3 rings (SSSR count). The van der Waals surface area contributed by atoms with Crippen LogP contribution in [0.4, 0.5) is 8.78 Å². The minimum atomic E-state index is -0.601. The molecule has 1 aliphatic heterocycles. The molecule has 0 atom stereocenters. The molecule has 2 fully saturated rings. The Bertz CT molecular complexity index is 661. The highest BCUT2D eigenvalue weighted by atomic mass is 19.1. The second-order valence-electron chi connectivity index (χ2n) is 6.71. The highest BCUT2D eigenvalue weighted by Crippen LogP contribution is 2.48. The molecule has 1 heterocycles. The standard InChI is InChI=1S/C17H21F2N3O2/c1-21-6-7-22(10-16(21)24)9-15(23)20-11-17(4-5-17)13-3-2-12(18)8-14(13)19/h2-3,8H,4-7,9-11H2,1H3,(H,20,23). The maximum absolute atomic E-state index is 14.0. The van der Waals surface area contributed by atoms with E-state index >= 15 is 0 Å². The van der Waals surface area contributed by atoms with Gasteiger partial charge < -0.3 is 10.2 Å². The molecular weight excluding hydrogens is 316 g/mol. The number of piperazine rings is 1. The van der Waals surface area contributed by atoms with E-state index in [0.717, 1.165) is 18.9 Å². The van der Waals surface area contributed by atoms with Crippen molar-refractivity contribution in [3.63, 3.8) is 0 Å².